The van der Waals surface area contributed by atoms with Gasteiger partial charge >= 0.3 is 5.69 Å². The second-order valence-electron chi connectivity index (χ2n) is 4.52. The molecule has 1 aromatic carbocycles. The molecule has 2 N–H and O–H groups in total. The van der Waals surface area contributed by atoms with Gasteiger partial charge in [-0.25, -0.2) is 4.98 Å². The average molecular weight is 306 g/mol. The molecule has 112 valence electrons. The molecule has 0 spiro atoms. The Morgan fingerprint density at radius 2 is 2.05 bits per heavy atom. The summed E-state index contributed by atoms with van der Waals surface area (Å²) in [6.45, 7) is 5.13. The summed E-state index contributed by atoms with van der Waals surface area (Å²) in [5, 5.41) is 20.5. The molecule has 2 rings (SSSR count). The Morgan fingerprint density at radius 3 is 2.62 bits per heavy atom. The highest BCUT2D eigenvalue weighted by atomic mass is 32.1. The molecule has 0 aliphatic carbocycles. The van der Waals surface area contributed by atoms with Gasteiger partial charge in [-0.15, -0.1) is 11.3 Å². The van der Waals surface area contributed by atoms with E-state index in [9.17, 15) is 10.1 Å². The van der Waals surface area contributed by atoms with Crippen LogP contribution in [0.4, 0.5) is 17.1 Å². The van der Waals surface area contributed by atoms with E-state index in [1.807, 2.05) is 19.2 Å². The zero-order chi connectivity index (χ0) is 15.2. The van der Waals surface area contributed by atoms with Crippen LogP contribution in [0.3, 0.4) is 0 Å². The maximum absolute atomic E-state index is 11.3. The largest absolute Gasteiger partial charge is 0.380 e. The standard InChI is InChI=1S/C14H18N4O2S/c1-3-15-12-5-4-6-13(14(12)18(19)20)16-8-7-11-9-21-10(2)17-11/h4-6,9,15-16H,3,7-8H2,1-2H3. The van der Waals surface area contributed by atoms with Gasteiger partial charge < -0.3 is 10.6 Å². The zero-order valence-corrected chi connectivity index (χ0v) is 12.9. The monoisotopic (exact) mass is 306 g/mol. The second-order valence-corrected chi connectivity index (χ2v) is 5.59. The fourth-order valence-corrected chi connectivity index (χ4v) is 2.71. The van der Waals surface area contributed by atoms with E-state index < -0.39 is 0 Å². The van der Waals surface area contributed by atoms with Crippen molar-refractivity contribution >= 4 is 28.4 Å². The van der Waals surface area contributed by atoms with Gasteiger partial charge in [-0.05, 0) is 26.0 Å². The molecule has 0 amide bonds. The van der Waals surface area contributed by atoms with Gasteiger partial charge in [0.05, 0.1) is 15.6 Å². The summed E-state index contributed by atoms with van der Waals surface area (Å²) in [4.78, 5) is 15.3. The van der Waals surface area contributed by atoms with Crippen molar-refractivity contribution in [1.82, 2.24) is 4.98 Å². The van der Waals surface area contributed by atoms with E-state index in [1.54, 1.807) is 29.5 Å². The zero-order valence-electron chi connectivity index (χ0n) is 12.0. The molecule has 7 heteroatoms. The number of nitro groups is 1. The molecule has 1 heterocycles. The lowest BCUT2D eigenvalue weighted by atomic mass is 10.2. The van der Waals surface area contributed by atoms with Crippen LogP contribution in [0.2, 0.25) is 0 Å². The summed E-state index contributed by atoms with van der Waals surface area (Å²) in [7, 11) is 0. The minimum Gasteiger partial charge on any atom is -0.380 e. The number of hydrogen-bond donors (Lipinski definition) is 2. The maximum atomic E-state index is 11.3. The molecular weight excluding hydrogens is 288 g/mol. The lowest BCUT2D eigenvalue weighted by molar-refractivity contribution is -0.383. The molecule has 0 fully saturated rings. The van der Waals surface area contributed by atoms with Crippen molar-refractivity contribution in [2.24, 2.45) is 0 Å². The van der Waals surface area contributed by atoms with E-state index >= 15 is 0 Å². The highest BCUT2D eigenvalue weighted by Crippen LogP contribution is 2.32. The molecule has 0 atom stereocenters. The molecule has 1 aromatic heterocycles. The number of thiazole rings is 1. The van der Waals surface area contributed by atoms with Crippen LogP contribution >= 0.6 is 11.3 Å². The Labute approximate surface area is 127 Å². The summed E-state index contributed by atoms with van der Waals surface area (Å²) < 4.78 is 0. The Kier molecular flexibility index (Phi) is 5.10. The van der Waals surface area contributed by atoms with Gasteiger partial charge in [0.1, 0.15) is 11.4 Å². The van der Waals surface area contributed by atoms with E-state index in [0.717, 1.165) is 17.1 Å². The molecular formula is C14H18N4O2S. The van der Waals surface area contributed by atoms with Crippen LogP contribution in [0.15, 0.2) is 23.6 Å². The number of aromatic nitrogens is 1. The Hall–Kier alpha value is -2.15. The number of aryl methyl sites for hydroxylation is 1. The van der Waals surface area contributed by atoms with Crippen molar-refractivity contribution < 1.29 is 4.92 Å². The number of rotatable bonds is 7. The van der Waals surface area contributed by atoms with Crippen LogP contribution in [0.25, 0.3) is 0 Å². The summed E-state index contributed by atoms with van der Waals surface area (Å²) in [6.07, 6.45) is 0.743. The third-order valence-electron chi connectivity index (χ3n) is 2.95. The summed E-state index contributed by atoms with van der Waals surface area (Å²) in [5.41, 5.74) is 2.17. The number of anilines is 2. The van der Waals surface area contributed by atoms with Gasteiger partial charge in [-0.3, -0.25) is 10.1 Å². The molecule has 0 saturated carbocycles. The fraction of sp³-hybridized carbons (Fsp3) is 0.357. The average Bonchev–Trinajstić information content (AvgIpc) is 2.85. The quantitative estimate of drug-likeness (QED) is 0.605. The number of nitro benzene ring substituents is 1. The topological polar surface area (TPSA) is 80.1 Å². The Morgan fingerprint density at radius 1 is 1.33 bits per heavy atom. The second kappa shape index (κ2) is 7.03. The number of nitrogens with zero attached hydrogens (tertiary/aromatic N) is 2. The van der Waals surface area contributed by atoms with E-state index in [2.05, 4.69) is 15.6 Å². The van der Waals surface area contributed by atoms with E-state index in [0.29, 0.717) is 24.5 Å². The Bertz CT molecular complexity index is 627. The third kappa shape index (κ3) is 3.91. The lowest BCUT2D eigenvalue weighted by Gasteiger charge is -2.10. The van der Waals surface area contributed by atoms with Crippen LogP contribution in [0.5, 0.6) is 0 Å². The molecule has 0 unspecified atom stereocenters. The predicted octanol–water partition coefficient (Wildman–Crippen LogP) is 3.45. The van der Waals surface area contributed by atoms with E-state index in [1.165, 1.54) is 0 Å². The molecule has 0 saturated heterocycles. The predicted molar refractivity (Wildman–Crippen MR) is 86.3 cm³/mol. The summed E-state index contributed by atoms with van der Waals surface area (Å²) >= 11 is 1.61. The van der Waals surface area contributed by atoms with Crippen LogP contribution in [0.1, 0.15) is 17.6 Å². The number of nitrogens with one attached hydrogen (secondary N) is 2. The minimum absolute atomic E-state index is 0.0915. The minimum atomic E-state index is -0.354. The van der Waals surface area contributed by atoms with E-state index in [-0.39, 0.29) is 10.6 Å². The first-order chi connectivity index (χ1) is 10.1. The van der Waals surface area contributed by atoms with Crippen molar-refractivity contribution in [3.8, 4) is 0 Å². The molecule has 0 aliphatic heterocycles. The van der Waals surface area contributed by atoms with Crippen LogP contribution in [-0.4, -0.2) is 23.0 Å². The smallest absolute Gasteiger partial charge is 0.315 e. The number of benzene rings is 1. The van der Waals surface area contributed by atoms with Crippen molar-refractivity contribution in [1.29, 1.82) is 0 Å². The first-order valence-electron chi connectivity index (χ1n) is 6.78. The van der Waals surface area contributed by atoms with Crippen molar-refractivity contribution in [3.05, 3.63) is 44.4 Å². The van der Waals surface area contributed by atoms with Gasteiger partial charge in [0.25, 0.3) is 0 Å². The van der Waals surface area contributed by atoms with Crippen LogP contribution < -0.4 is 10.6 Å². The lowest BCUT2D eigenvalue weighted by Crippen LogP contribution is -2.09. The van der Waals surface area contributed by atoms with Crippen LogP contribution in [0, 0.1) is 17.0 Å². The molecule has 2 aromatic rings. The van der Waals surface area contributed by atoms with Crippen molar-refractivity contribution in [3.63, 3.8) is 0 Å². The van der Waals surface area contributed by atoms with Crippen molar-refractivity contribution in [2.75, 3.05) is 23.7 Å². The summed E-state index contributed by atoms with van der Waals surface area (Å²) in [5.74, 6) is 0. The van der Waals surface area contributed by atoms with Gasteiger partial charge in [-0.2, -0.15) is 0 Å². The van der Waals surface area contributed by atoms with Gasteiger partial charge in [0.2, 0.25) is 0 Å². The molecule has 0 radical (unpaired) electrons. The normalized spacial score (nSPS) is 10.4. The highest BCUT2D eigenvalue weighted by Gasteiger charge is 2.18. The van der Waals surface area contributed by atoms with Gasteiger partial charge in [0, 0.05) is 24.9 Å². The van der Waals surface area contributed by atoms with E-state index in [4.69, 9.17) is 0 Å². The number of para-hydroxylation sites is 1. The third-order valence-corrected chi connectivity index (χ3v) is 3.77. The summed E-state index contributed by atoms with van der Waals surface area (Å²) in [6, 6.07) is 5.25. The fourth-order valence-electron chi connectivity index (χ4n) is 2.06. The van der Waals surface area contributed by atoms with Gasteiger partial charge in [-0.1, -0.05) is 6.07 Å². The first kappa shape index (κ1) is 15.2. The first-order valence-corrected chi connectivity index (χ1v) is 7.66. The SMILES string of the molecule is CCNc1cccc(NCCc2csc(C)n2)c1[N+](=O)[O-]. The molecule has 6 nitrogen and oxygen atoms in total. The van der Waals surface area contributed by atoms with Gasteiger partial charge in [0.15, 0.2) is 0 Å². The maximum Gasteiger partial charge on any atom is 0.315 e. The molecule has 0 bridgehead atoms. The highest BCUT2D eigenvalue weighted by molar-refractivity contribution is 7.09. The Balaban J connectivity index is 2.08. The molecule has 21 heavy (non-hydrogen) atoms. The number of hydrogen-bond acceptors (Lipinski definition) is 6. The van der Waals surface area contributed by atoms with Crippen LogP contribution in [-0.2, 0) is 6.42 Å². The van der Waals surface area contributed by atoms with Crippen molar-refractivity contribution in [2.45, 2.75) is 20.3 Å². The molecule has 0 aliphatic rings.